The van der Waals surface area contributed by atoms with Gasteiger partial charge in [-0.3, -0.25) is 14.4 Å². The number of nitrogens with zero attached hydrogens (tertiary/aromatic N) is 1. The maximum atomic E-state index is 13.3. The van der Waals surface area contributed by atoms with Gasteiger partial charge in [0.25, 0.3) is 11.8 Å². The van der Waals surface area contributed by atoms with Crippen molar-refractivity contribution >= 4 is 69.3 Å². The second-order valence-corrected chi connectivity index (χ2v) is 11.9. The average Bonchev–Trinajstić information content (AvgIpc) is 3.70. The third-order valence-electron chi connectivity index (χ3n) is 6.01. The lowest BCUT2D eigenvalue weighted by atomic mass is 10.2. The van der Waals surface area contributed by atoms with Crippen LogP contribution in [0.1, 0.15) is 23.0 Å². The molecule has 1 atom stereocenters. The van der Waals surface area contributed by atoms with E-state index in [1.54, 1.807) is 79.7 Å². The second kappa shape index (κ2) is 14.0. The number of rotatable bonds is 10. The molecule has 2 heterocycles. The average molecular weight is 629 g/mol. The van der Waals surface area contributed by atoms with E-state index in [4.69, 9.17) is 16.0 Å². The van der Waals surface area contributed by atoms with Crippen molar-refractivity contribution < 1.29 is 18.8 Å². The number of carbonyl (C=O) groups is 3. The van der Waals surface area contributed by atoms with Gasteiger partial charge >= 0.3 is 0 Å². The molecule has 2 aromatic heterocycles. The molecule has 11 heteroatoms. The first-order valence-corrected chi connectivity index (χ1v) is 15.2. The fourth-order valence-corrected chi connectivity index (χ4v) is 5.63. The number of thioether (sulfide) groups is 1. The molecule has 0 aliphatic carbocycles. The predicted molar refractivity (Wildman–Crippen MR) is 172 cm³/mol. The number of benzene rings is 3. The van der Waals surface area contributed by atoms with Crippen molar-refractivity contribution in [3.8, 4) is 11.3 Å². The summed E-state index contributed by atoms with van der Waals surface area (Å²) in [6.07, 6.45) is 2.93. The first-order chi connectivity index (χ1) is 20.8. The van der Waals surface area contributed by atoms with Crippen LogP contribution in [0.2, 0.25) is 5.02 Å². The van der Waals surface area contributed by atoms with Crippen LogP contribution >= 0.6 is 34.7 Å². The number of hydrogen-bond acceptors (Lipinski definition) is 7. The van der Waals surface area contributed by atoms with Crippen molar-refractivity contribution in [2.75, 3.05) is 10.6 Å². The Labute approximate surface area is 261 Å². The molecule has 5 aromatic rings. The molecule has 3 aromatic carbocycles. The molecule has 3 N–H and O–H groups in total. The van der Waals surface area contributed by atoms with Crippen molar-refractivity contribution in [2.24, 2.45) is 0 Å². The van der Waals surface area contributed by atoms with Gasteiger partial charge in [0, 0.05) is 38.2 Å². The molecule has 43 heavy (non-hydrogen) atoms. The molecule has 0 saturated heterocycles. The number of nitrogens with one attached hydrogen (secondary N) is 3. The van der Waals surface area contributed by atoms with E-state index < -0.39 is 17.1 Å². The fraction of sp³-hybridized carbons (Fsp3) is 0.0625. The first kappa shape index (κ1) is 29.8. The van der Waals surface area contributed by atoms with E-state index in [0.717, 1.165) is 16.2 Å². The summed E-state index contributed by atoms with van der Waals surface area (Å²) >= 11 is 8.65. The Morgan fingerprint density at radius 1 is 0.953 bits per heavy atom. The molecule has 3 amide bonds. The fourth-order valence-electron chi connectivity index (χ4n) is 3.85. The number of anilines is 2. The van der Waals surface area contributed by atoms with Crippen LogP contribution in [0.15, 0.2) is 118 Å². The van der Waals surface area contributed by atoms with Gasteiger partial charge < -0.3 is 20.4 Å². The van der Waals surface area contributed by atoms with Crippen molar-refractivity contribution in [3.63, 3.8) is 0 Å². The van der Waals surface area contributed by atoms with E-state index in [9.17, 15) is 14.4 Å². The quantitative estimate of drug-likeness (QED) is 0.108. The molecule has 0 radical (unpaired) electrons. The Kier molecular flexibility index (Phi) is 9.73. The van der Waals surface area contributed by atoms with E-state index in [0.29, 0.717) is 27.2 Å². The van der Waals surface area contributed by atoms with Crippen LogP contribution in [0.3, 0.4) is 0 Å². The molecule has 0 bridgehead atoms. The number of aromatic nitrogens is 1. The first-order valence-electron chi connectivity index (χ1n) is 13.1. The number of halogens is 1. The van der Waals surface area contributed by atoms with Crippen LogP contribution < -0.4 is 16.0 Å². The zero-order chi connectivity index (χ0) is 30.2. The third-order valence-corrected chi connectivity index (χ3v) is 8.11. The second-order valence-electron chi connectivity index (χ2n) is 9.17. The van der Waals surface area contributed by atoms with Gasteiger partial charge in [0.15, 0.2) is 5.13 Å². The van der Waals surface area contributed by atoms with E-state index >= 15 is 0 Å². The molecule has 5 rings (SSSR count). The van der Waals surface area contributed by atoms with Gasteiger partial charge in [0.05, 0.1) is 17.2 Å². The van der Waals surface area contributed by atoms with Crippen LogP contribution in [-0.4, -0.2) is 28.0 Å². The van der Waals surface area contributed by atoms with Gasteiger partial charge in [-0.15, -0.1) is 23.1 Å². The Bertz CT molecular complexity index is 1750. The van der Waals surface area contributed by atoms with Gasteiger partial charge in [-0.1, -0.05) is 48.0 Å². The standard InChI is InChI=1S/C32H25ClN4O4S2/c1-20(29(38)37-32-36-28(19-42-32)21-12-14-23(33)15-13-21)43-26-11-5-9-24(17-26)34-31(40)27(18-25-10-6-16-41-25)35-30(39)22-7-3-2-4-8-22/h2-20H,1H3,(H,34,40)(H,35,39)(H,36,37,38)/b27-18-. The van der Waals surface area contributed by atoms with Crippen LogP contribution in [0.4, 0.5) is 10.8 Å². The summed E-state index contributed by atoms with van der Waals surface area (Å²) in [6.45, 7) is 1.79. The van der Waals surface area contributed by atoms with Crippen molar-refractivity contribution in [3.05, 3.63) is 125 Å². The van der Waals surface area contributed by atoms with Crippen LogP contribution in [0, 0.1) is 0 Å². The zero-order valence-corrected chi connectivity index (χ0v) is 25.1. The van der Waals surface area contributed by atoms with E-state index in [2.05, 4.69) is 20.9 Å². The van der Waals surface area contributed by atoms with Crippen LogP contribution in [-0.2, 0) is 9.59 Å². The highest BCUT2D eigenvalue weighted by Crippen LogP contribution is 2.29. The van der Waals surface area contributed by atoms with Gasteiger partial charge in [0.1, 0.15) is 11.5 Å². The molecule has 0 aliphatic rings. The number of amides is 3. The van der Waals surface area contributed by atoms with Gasteiger partial charge in [0.2, 0.25) is 5.91 Å². The summed E-state index contributed by atoms with van der Waals surface area (Å²) in [4.78, 5) is 44.2. The van der Waals surface area contributed by atoms with E-state index in [-0.39, 0.29) is 11.6 Å². The predicted octanol–water partition coefficient (Wildman–Crippen LogP) is 7.59. The Morgan fingerprint density at radius 3 is 2.49 bits per heavy atom. The molecule has 1 unspecified atom stereocenters. The summed E-state index contributed by atoms with van der Waals surface area (Å²) in [5.74, 6) is -0.765. The minimum absolute atomic E-state index is 0.0102. The van der Waals surface area contributed by atoms with E-state index in [1.807, 2.05) is 23.6 Å². The molecular weight excluding hydrogens is 604 g/mol. The minimum Gasteiger partial charge on any atom is -0.465 e. The third kappa shape index (κ3) is 8.23. The van der Waals surface area contributed by atoms with Crippen molar-refractivity contribution in [1.82, 2.24) is 10.3 Å². The molecule has 0 saturated carbocycles. The van der Waals surface area contributed by atoms with Gasteiger partial charge in [-0.05, 0) is 61.5 Å². The number of furan rings is 1. The van der Waals surface area contributed by atoms with Crippen molar-refractivity contribution in [1.29, 1.82) is 0 Å². The van der Waals surface area contributed by atoms with Crippen molar-refractivity contribution in [2.45, 2.75) is 17.1 Å². The summed E-state index contributed by atoms with van der Waals surface area (Å²) in [5, 5.41) is 10.9. The summed E-state index contributed by atoms with van der Waals surface area (Å²) < 4.78 is 5.35. The normalized spacial score (nSPS) is 11.9. The molecule has 0 fully saturated rings. The largest absolute Gasteiger partial charge is 0.465 e. The van der Waals surface area contributed by atoms with Gasteiger partial charge in [-0.25, -0.2) is 4.98 Å². The minimum atomic E-state index is -0.533. The Morgan fingerprint density at radius 2 is 1.74 bits per heavy atom. The highest BCUT2D eigenvalue weighted by molar-refractivity contribution is 8.00. The molecule has 216 valence electrons. The Balaban J connectivity index is 1.22. The van der Waals surface area contributed by atoms with Crippen LogP contribution in [0.25, 0.3) is 17.3 Å². The van der Waals surface area contributed by atoms with Crippen LogP contribution in [0.5, 0.6) is 0 Å². The molecule has 0 aliphatic heterocycles. The highest BCUT2D eigenvalue weighted by Gasteiger charge is 2.19. The maximum Gasteiger partial charge on any atom is 0.272 e. The molecule has 0 spiro atoms. The highest BCUT2D eigenvalue weighted by atomic mass is 35.5. The van der Waals surface area contributed by atoms with Gasteiger partial charge in [-0.2, -0.15) is 0 Å². The lowest BCUT2D eigenvalue weighted by Crippen LogP contribution is -2.30. The smallest absolute Gasteiger partial charge is 0.272 e. The van der Waals surface area contributed by atoms with E-state index in [1.165, 1.54) is 35.4 Å². The summed E-state index contributed by atoms with van der Waals surface area (Å²) in [5.41, 5.74) is 2.57. The molecule has 8 nitrogen and oxygen atoms in total. The lowest BCUT2D eigenvalue weighted by Gasteiger charge is -2.13. The lowest BCUT2D eigenvalue weighted by molar-refractivity contribution is -0.115. The monoisotopic (exact) mass is 628 g/mol. The Hall–Kier alpha value is -4.64. The number of hydrogen-bond donors (Lipinski definition) is 3. The summed E-state index contributed by atoms with van der Waals surface area (Å²) in [6, 6.07) is 26.4. The SMILES string of the molecule is CC(Sc1cccc(NC(=O)/C(=C/c2ccco2)NC(=O)c2ccccc2)c1)C(=O)Nc1nc(-c2ccc(Cl)cc2)cs1. The number of thiazole rings is 1. The molecular formula is C32H25ClN4O4S2. The zero-order valence-electron chi connectivity index (χ0n) is 22.7. The maximum absolute atomic E-state index is 13.3. The summed E-state index contributed by atoms with van der Waals surface area (Å²) in [7, 11) is 0. The topological polar surface area (TPSA) is 113 Å². The number of carbonyl (C=O) groups excluding carboxylic acids is 3.